The molecule has 1 aliphatic rings. The van der Waals surface area contributed by atoms with Crippen molar-refractivity contribution in [1.82, 2.24) is 4.57 Å². The quantitative estimate of drug-likeness (QED) is 0.433. The van der Waals surface area contributed by atoms with Gasteiger partial charge in [-0.1, -0.05) is 23.2 Å². The molecule has 1 aliphatic heterocycles. The van der Waals surface area contributed by atoms with Crippen LogP contribution in [0.2, 0.25) is 10.0 Å². The predicted molar refractivity (Wildman–Crippen MR) is 121 cm³/mol. The fourth-order valence-electron chi connectivity index (χ4n) is 3.76. The lowest BCUT2D eigenvalue weighted by Crippen LogP contribution is -2.38. The number of carbonyl (C=O) groups is 2. The normalized spacial score (nSPS) is 19.5. The van der Waals surface area contributed by atoms with Crippen LogP contribution in [0.15, 0.2) is 42.5 Å². The number of hydrogen-bond acceptors (Lipinski definition) is 5. The lowest BCUT2D eigenvalue weighted by Gasteiger charge is -2.24. The van der Waals surface area contributed by atoms with E-state index in [1.54, 1.807) is 54.8 Å². The molecule has 0 bridgehead atoms. The highest BCUT2D eigenvalue weighted by Crippen LogP contribution is 2.38. The molecule has 4 rings (SSSR count). The molecule has 162 valence electrons. The second-order valence-corrected chi connectivity index (χ2v) is 8.75. The Morgan fingerprint density at radius 1 is 1.19 bits per heavy atom. The highest BCUT2D eigenvalue weighted by Gasteiger charge is 2.40. The molecule has 0 aliphatic carbocycles. The smallest absolute Gasteiger partial charge is 0.328 e. The van der Waals surface area contributed by atoms with Gasteiger partial charge in [-0.05, 0) is 69.2 Å². The Morgan fingerprint density at radius 2 is 1.97 bits per heavy atom. The molecule has 1 unspecified atom stereocenters. The number of esters is 1. The molecule has 3 aromatic rings. The number of hydrogen-bond donors (Lipinski definition) is 1. The van der Waals surface area contributed by atoms with Crippen LogP contribution in [-0.2, 0) is 9.53 Å². The lowest BCUT2D eigenvalue weighted by atomic mass is 10.0. The molecule has 0 saturated carbocycles. The molecule has 2 atom stereocenters. The topological polar surface area (TPSA) is 83.6 Å². The van der Waals surface area contributed by atoms with Crippen LogP contribution in [0, 0.1) is 0 Å². The highest BCUT2D eigenvalue weighted by molar-refractivity contribution is 6.36. The van der Waals surface area contributed by atoms with Crippen LogP contribution in [0.1, 0.15) is 31.5 Å². The molecule has 6 nitrogen and oxygen atoms in total. The van der Waals surface area contributed by atoms with Gasteiger partial charge >= 0.3 is 5.97 Å². The van der Waals surface area contributed by atoms with Gasteiger partial charge in [0.1, 0.15) is 17.4 Å². The number of aromatic nitrogens is 1. The van der Waals surface area contributed by atoms with Gasteiger partial charge in [0.25, 0.3) is 5.91 Å². The first-order valence-corrected chi connectivity index (χ1v) is 10.7. The molecule has 2 heterocycles. The number of nitrogens with zero attached hydrogens (tertiary/aromatic N) is 1. The fourth-order valence-corrected chi connectivity index (χ4v) is 4.27. The molecule has 0 radical (unpaired) electrons. The van der Waals surface area contributed by atoms with E-state index < -0.39 is 17.6 Å². The van der Waals surface area contributed by atoms with Crippen LogP contribution < -0.4 is 10.5 Å². The van der Waals surface area contributed by atoms with Crippen molar-refractivity contribution in [2.24, 2.45) is 5.73 Å². The molecular weight excluding hydrogens is 439 g/mol. The van der Waals surface area contributed by atoms with Gasteiger partial charge in [0.15, 0.2) is 0 Å². The summed E-state index contributed by atoms with van der Waals surface area (Å²) >= 11 is 12.5. The van der Waals surface area contributed by atoms with E-state index in [-0.39, 0.29) is 5.91 Å². The Hall–Kier alpha value is -2.38. The third-order valence-electron chi connectivity index (χ3n) is 5.44. The molecule has 8 heteroatoms. The second kappa shape index (κ2) is 8.28. The largest absolute Gasteiger partial charge is 0.425 e. The predicted octanol–water partition coefficient (Wildman–Crippen LogP) is 5.08. The number of nitrogens with two attached hydrogens (primary N) is 1. The maximum Gasteiger partial charge on any atom is 0.328 e. The van der Waals surface area contributed by atoms with Crippen molar-refractivity contribution in [2.45, 2.75) is 38.3 Å². The maximum atomic E-state index is 13.6. The summed E-state index contributed by atoms with van der Waals surface area (Å²) in [5.41, 5.74) is 6.58. The standard InChI is InChI=1S/C23H22Cl2N2O4/c1-13(26)21(28)31-16-5-7-19-14(10-16)11-20(17-6-4-15(24)12-18(17)25)27(19)22(29)23(2)8-3-9-30-23/h4-7,10-13H,3,8-9,26H2,1-2H3/t13-,23?/m0/s1. The SMILES string of the molecule is C[C@H](N)C(=O)Oc1ccc2c(c1)cc(-c1ccc(Cl)cc1Cl)n2C(=O)C1(C)CCCO1. The Bertz CT molecular complexity index is 1180. The van der Waals surface area contributed by atoms with Crippen molar-refractivity contribution < 1.29 is 19.1 Å². The van der Waals surface area contributed by atoms with Gasteiger partial charge in [-0.2, -0.15) is 0 Å². The third kappa shape index (κ3) is 4.08. The second-order valence-electron chi connectivity index (χ2n) is 7.91. The first-order valence-electron chi connectivity index (χ1n) is 9.96. The average Bonchev–Trinajstić information content (AvgIpc) is 3.31. The van der Waals surface area contributed by atoms with E-state index in [9.17, 15) is 9.59 Å². The molecule has 0 amide bonds. The minimum atomic E-state index is -0.931. The number of fused-ring (bicyclic) bond motifs is 1. The van der Waals surface area contributed by atoms with E-state index in [0.717, 1.165) is 6.42 Å². The lowest BCUT2D eigenvalue weighted by molar-refractivity contribution is -0.135. The number of ether oxygens (including phenoxy) is 2. The van der Waals surface area contributed by atoms with Crippen molar-refractivity contribution in [3.05, 3.63) is 52.5 Å². The molecule has 31 heavy (non-hydrogen) atoms. The summed E-state index contributed by atoms with van der Waals surface area (Å²) in [6.07, 6.45) is 1.44. The van der Waals surface area contributed by atoms with Crippen molar-refractivity contribution in [3.63, 3.8) is 0 Å². The van der Waals surface area contributed by atoms with E-state index in [1.165, 1.54) is 0 Å². The van der Waals surface area contributed by atoms with E-state index in [0.29, 0.717) is 51.0 Å². The van der Waals surface area contributed by atoms with E-state index >= 15 is 0 Å². The summed E-state index contributed by atoms with van der Waals surface area (Å²) < 4.78 is 12.8. The van der Waals surface area contributed by atoms with Crippen LogP contribution in [0.25, 0.3) is 22.2 Å². The molecule has 1 aromatic heterocycles. The van der Waals surface area contributed by atoms with Crippen molar-refractivity contribution >= 4 is 46.0 Å². The van der Waals surface area contributed by atoms with Crippen LogP contribution in [0.4, 0.5) is 0 Å². The molecular formula is C23H22Cl2N2O4. The number of benzene rings is 2. The zero-order valence-electron chi connectivity index (χ0n) is 17.2. The monoisotopic (exact) mass is 460 g/mol. The molecule has 1 fully saturated rings. The molecule has 0 spiro atoms. The van der Waals surface area contributed by atoms with Crippen LogP contribution in [0.3, 0.4) is 0 Å². The van der Waals surface area contributed by atoms with E-state index in [2.05, 4.69) is 0 Å². The summed E-state index contributed by atoms with van der Waals surface area (Å²) in [6.45, 7) is 3.90. The summed E-state index contributed by atoms with van der Waals surface area (Å²) in [5.74, 6) is -0.375. The van der Waals surface area contributed by atoms with E-state index in [1.807, 2.05) is 6.07 Å². The molecule has 1 saturated heterocycles. The van der Waals surface area contributed by atoms with Gasteiger partial charge in [0, 0.05) is 22.6 Å². The first-order chi connectivity index (χ1) is 14.7. The zero-order chi connectivity index (χ0) is 22.3. The number of carbonyl (C=O) groups excluding carboxylic acids is 2. The van der Waals surface area contributed by atoms with Gasteiger partial charge in [0.2, 0.25) is 0 Å². The fraction of sp³-hybridized carbons (Fsp3) is 0.304. The van der Waals surface area contributed by atoms with Crippen molar-refractivity contribution in [1.29, 1.82) is 0 Å². The van der Waals surface area contributed by atoms with Gasteiger partial charge in [-0.15, -0.1) is 0 Å². The van der Waals surface area contributed by atoms with Crippen molar-refractivity contribution in [2.75, 3.05) is 6.61 Å². The van der Waals surface area contributed by atoms with Crippen LogP contribution in [-0.4, -0.2) is 34.7 Å². The van der Waals surface area contributed by atoms with Crippen molar-refractivity contribution in [3.8, 4) is 17.0 Å². The Balaban J connectivity index is 1.89. The Kier molecular flexibility index (Phi) is 5.83. The summed E-state index contributed by atoms with van der Waals surface area (Å²) in [4.78, 5) is 25.5. The minimum absolute atomic E-state index is 0.179. The first kappa shape index (κ1) is 21.8. The Labute approximate surface area is 189 Å². The number of rotatable bonds is 4. The maximum absolute atomic E-state index is 13.6. The van der Waals surface area contributed by atoms with Crippen LogP contribution in [0.5, 0.6) is 5.75 Å². The highest BCUT2D eigenvalue weighted by atomic mass is 35.5. The van der Waals surface area contributed by atoms with Crippen LogP contribution >= 0.6 is 23.2 Å². The zero-order valence-corrected chi connectivity index (χ0v) is 18.7. The Morgan fingerprint density at radius 3 is 2.61 bits per heavy atom. The summed E-state index contributed by atoms with van der Waals surface area (Å²) in [7, 11) is 0. The average molecular weight is 461 g/mol. The van der Waals surface area contributed by atoms with Gasteiger partial charge in [-0.3, -0.25) is 9.36 Å². The molecule has 2 aromatic carbocycles. The third-order valence-corrected chi connectivity index (χ3v) is 5.99. The summed E-state index contributed by atoms with van der Waals surface area (Å²) in [5, 5.41) is 1.63. The van der Waals surface area contributed by atoms with Gasteiger partial charge in [0.05, 0.1) is 16.2 Å². The summed E-state index contributed by atoms with van der Waals surface area (Å²) in [6, 6.07) is 11.3. The van der Waals surface area contributed by atoms with E-state index in [4.69, 9.17) is 38.4 Å². The van der Waals surface area contributed by atoms with Gasteiger partial charge in [-0.25, -0.2) is 4.79 Å². The van der Waals surface area contributed by atoms with Gasteiger partial charge < -0.3 is 15.2 Å². The molecule has 2 N–H and O–H groups in total. The minimum Gasteiger partial charge on any atom is -0.425 e. The number of halogens is 2.